The fourth-order valence-electron chi connectivity index (χ4n) is 6.60. The Balaban J connectivity index is 1.27. The van der Waals surface area contributed by atoms with Gasteiger partial charge in [-0.1, -0.05) is 103 Å². The Kier molecular flexibility index (Phi) is 6.55. The predicted molar refractivity (Wildman–Crippen MR) is 197 cm³/mol. The molecule has 216 valence electrons. The maximum Gasteiger partial charge on any atom is 0.0811 e. The van der Waals surface area contributed by atoms with Crippen LogP contribution in [-0.4, -0.2) is 9.97 Å². The molecule has 0 aliphatic carbocycles. The number of rotatable bonds is 5. The first-order valence-electron chi connectivity index (χ1n) is 15.3. The lowest BCUT2D eigenvalue weighted by atomic mass is 9.88. The lowest BCUT2D eigenvalue weighted by Crippen LogP contribution is -1.88. The Hall–Kier alpha value is -5.42. The van der Waals surface area contributed by atoms with Gasteiger partial charge in [0.1, 0.15) is 0 Å². The highest BCUT2D eigenvalue weighted by Gasteiger charge is 2.14. The molecule has 0 unspecified atom stereocenters. The van der Waals surface area contributed by atoms with Crippen LogP contribution in [0.15, 0.2) is 155 Å². The van der Waals surface area contributed by atoms with Gasteiger partial charge in [0.05, 0.1) is 22.4 Å². The smallest absolute Gasteiger partial charge is 0.0811 e. The number of aromatic nitrogens is 2. The van der Waals surface area contributed by atoms with Crippen LogP contribution in [0.25, 0.3) is 88.2 Å². The van der Waals surface area contributed by atoms with Crippen LogP contribution < -0.4 is 0 Å². The summed E-state index contributed by atoms with van der Waals surface area (Å²) in [6.45, 7) is 0. The zero-order valence-corrected chi connectivity index (χ0v) is 26.4. The minimum atomic E-state index is 1.02. The standard InChI is InChI=1S/C42H26N2S2/c1-2-6-27(7-3-1)30-12-17-37-38-21-31(28-8-4-10-33(18-28)41-23-45-25-43-41)13-15-35(38)36-16-14-32(22-39(36)40(37)20-30)29-9-5-11-34(19-29)42-24-46-26-44-42/h1-26H. The fraction of sp³-hybridized carbons (Fsp3) is 0. The van der Waals surface area contributed by atoms with Gasteiger partial charge in [-0.2, -0.15) is 0 Å². The number of fused-ring (bicyclic) bond motifs is 6. The lowest BCUT2D eigenvalue weighted by molar-refractivity contribution is 1.41. The highest BCUT2D eigenvalue weighted by Crippen LogP contribution is 2.41. The summed E-state index contributed by atoms with van der Waals surface area (Å²) in [5.74, 6) is 0. The Labute approximate surface area is 274 Å². The summed E-state index contributed by atoms with van der Waals surface area (Å²) in [6, 6.07) is 48.9. The Morgan fingerprint density at radius 3 is 1.17 bits per heavy atom. The topological polar surface area (TPSA) is 25.8 Å². The van der Waals surface area contributed by atoms with Crippen molar-refractivity contribution in [1.82, 2.24) is 9.97 Å². The summed E-state index contributed by atoms with van der Waals surface area (Å²) in [4.78, 5) is 9.09. The van der Waals surface area contributed by atoms with Gasteiger partial charge in [-0.05, 0) is 96.0 Å². The van der Waals surface area contributed by atoms with Crippen molar-refractivity contribution in [1.29, 1.82) is 0 Å². The molecule has 9 rings (SSSR count). The minimum Gasteiger partial charge on any atom is -0.245 e. The van der Waals surface area contributed by atoms with Gasteiger partial charge in [-0.3, -0.25) is 0 Å². The molecule has 0 aliphatic heterocycles. The summed E-state index contributed by atoms with van der Waals surface area (Å²) in [5, 5.41) is 11.8. The first kappa shape index (κ1) is 26.9. The summed E-state index contributed by atoms with van der Waals surface area (Å²) in [5.41, 5.74) is 15.3. The Morgan fingerprint density at radius 2 is 0.696 bits per heavy atom. The zero-order chi connectivity index (χ0) is 30.5. The molecule has 0 aliphatic rings. The average molecular weight is 623 g/mol. The van der Waals surface area contributed by atoms with E-state index >= 15 is 0 Å². The molecular weight excluding hydrogens is 597 g/mol. The van der Waals surface area contributed by atoms with Gasteiger partial charge in [-0.15, -0.1) is 22.7 Å². The molecule has 0 amide bonds. The van der Waals surface area contributed by atoms with Gasteiger partial charge in [0.25, 0.3) is 0 Å². The SMILES string of the molecule is c1ccc(-c2ccc3c4cc(-c5cccc(-c6cscn6)c5)ccc4c4ccc(-c5cccc(-c6cscn6)c5)cc4c3c2)cc1. The van der Waals surface area contributed by atoms with Crippen LogP contribution in [-0.2, 0) is 0 Å². The molecule has 0 bridgehead atoms. The molecule has 0 fully saturated rings. The van der Waals surface area contributed by atoms with Crippen molar-refractivity contribution in [2.24, 2.45) is 0 Å². The first-order valence-corrected chi connectivity index (χ1v) is 17.1. The van der Waals surface area contributed by atoms with Crippen molar-refractivity contribution in [3.05, 3.63) is 155 Å². The molecule has 0 radical (unpaired) electrons. The largest absolute Gasteiger partial charge is 0.245 e. The normalized spacial score (nSPS) is 11.5. The predicted octanol–water partition coefficient (Wildman–Crippen LogP) is 12.4. The zero-order valence-electron chi connectivity index (χ0n) is 24.7. The van der Waals surface area contributed by atoms with E-state index in [1.807, 2.05) is 11.0 Å². The van der Waals surface area contributed by atoms with E-state index in [1.54, 1.807) is 22.7 Å². The van der Waals surface area contributed by atoms with E-state index in [0.29, 0.717) is 0 Å². The van der Waals surface area contributed by atoms with Crippen LogP contribution in [0.3, 0.4) is 0 Å². The molecule has 7 aromatic carbocycles. The van der Waals surface area contributed by atoms with Crippen LogP contribution >= 0.6 is 22.7 Å². The molecule has 0 saturated carbocycles. The molecule has 9 aromatic rings. The molecule has 2 nitrogen and oxygen atoms in total. The molecule has 2 aromatic heterocycles. The number of thiazole rings is 2. The van der Waals surface area contributed by atoms with Crippen LogP contribution in [0.4, 0.5) is 0 Å². The summed E-state index contributed by atoms with van der Waals surface area (Å²) < 4.78 is 0. The molecule has 2 heterocycles. The lowest BCUT2D eigenvalue weighted by Gasteiger charge is -2.15. The Bertz CT molecular complexity index is 2520. The van der Waals surface area contributed by atoms with E-state index in [9.17, 15) is 0 Å². The molecular formula is C42H26N2S2. The van der Waals surface area contributed by atoms with Crippen molar-refractivity contribution >= 4 is 55.0 Å². The van der Waals surface area contributed by atoms with Gasteiger partial charge in [0.15, 0.2) is 0 Å². The van der Waals surface area contributed by atoms with Gasteiger partial charge >= 0.3 is 0 Å². The third kappa shape index (κ3) is 4.71. The number of benzene rings is 7. The summed E-state index contributed by atoms with van der Waals surface area (Å²) in [6.07, 6.45) is 0. The van der Waals surface area contributed by atoms with Crippen molar-refractivity contribution in [2.75, 3.05) is 0 Å². The van der Waals surface area contributed by atoms with Crippen molar-refractivity contribution in [3.8, 4) is 55.9 Å². The monoisotopic (exact) mass is 622 g/mol. The van der Waals surface area contributed by atoms with E-state index in [4.69, 9.17) is 0 Å². The number of hydrogen-bond acceptors (Lipinski definition) is 4. The second kappa shape index (κ2) is 11.2. The van der Waals surface area contributed by atoms with Gasteiger partial charge < -0.3 is 0 Å². The van der Waals surface area contributed by atoms with E-state index < -0.39 is 0 Å². The molecule has 0 atom stereocenters. The summed E-state index contributed by atoms with van der Waals surface area (Å²) in [7, 11) is 0. The third-order valence-corrected chi connectivity index (χ3v) is 10.1. The van der Waals surface area contributed by atoms with Crippen LogP contribution in [0.1, 0.15) is 0 Å². The summed E-state index contributed by atoms with van der Waals surface area (Å²) >= 11 is 3.25. The maximum atomic E-state index is 4.55. The second-order valence-corrected chi connectivity index (χ2v) is 13.0. The highest BCUT2D eigenvalue weighted by molar-refractivity contribution is 7.08. The average Bonchev–Trinajstić information content (AvgIpc) is 3.88. The number of hydrogen-bond donors (Lipinski definition) is 0. The van der Waals surface area contributed by atoms with E-state index in [-0.39, 0.29) is 0 Å². The van der Waals surface area contributed by atoms with Crippen molar-refractivity contribution in [3.63, 3.8) is 0 Å². The van der Waals surface area contributed by atoms with E-state index in [0.717, 1.165) is 22.5 Å². The third-order valence-electron chi connectivity index (χ3n) is 8.88. The van der Waals surface area contributed by atoms with Gasteiger partial charge in [0, 0.05) is 21.9 Å². The molecule has 0 spiro atoms. The molecule has 4 heteroatoms. The van der Waals surface area contributed by atoms with E-state index in [1.165, 1.54) is 65.7 Å². The van der Waals surface area contributed by atoms with Gasteiger partial charge in [0.2, 0.25) is 0 Å². The van der Waals surface area contributed by atoms with Crippen LogP contribution in [0.5, 0.6) is 0 Å². The van der Waals surface area contributed by atoms with Gasteiger partial charge in [-0.25, -0.2) is 9.97 Å². The van der Waals surface area contributed by atoms with Crippen LogP contribution in [0.2, 0.25) is 0 Å². The molecule has 0 N–H and O–H groups in total. The van der Waals surface area contributed by atoms with Crippen molar-refractivity contribution in [2.45, 2.75) is 0 Å². The van der Waals surface area contributed by atoms with E-state index in [2.05, 4.69) is 154 Å². The van der Waals surface area contributed by atoms with Crippen molar-refractivity contribution < 1.29 is 0 Å². The Morgan fingerprint density at radius 1 is 0.304 bits per heavy atom. The highest BCUT2D eigenvalue weighted by atomic mass is 32.1. The maximum absolute atomic E-state index is 4.55. The molecule has 46 heavy (non-hydrogen) atoms. The first-order chi connectivity index (χ1) is 22.8. The number of nitrogens with zero attached hydrogens (tertiary/aromatic N) is 2. The molecule has 0 saturated heterocycles. The second-order valence-electron chi connectivity index (χ2n) is 11.6. The minimum absolute atomic E-state index is 1.02. The quantitative estimate of drug-likeness (QED) is 0.178. The van der Waals surface area contributed by atoms with Crippen LogP contribution in [0, 0.1) is 0 Å². The fourth-order valence-corrected chi connectivity index (χ4v) is 7.72.